The number of hydrogen-bond donors (Lipinski definition) is 1. The van der Waals surface area contributed by atoms with Crippen LogP contribution in [0.1, 0.15) is 41.5 Å². The maximum atomic E-state index is 6.10. The molecule has 1 fully saturated rings. The van der Waals surface area contributed by atoms with Gasteiger partial charge in [0.05, 0.1) is 46.3 Å². The first kappa shape index (κ1) is 30.5. The molecule has 1 N–H and O–H groups in total. The van der Waals surface area contributed by atoms with Crippen molar-refractivity contribution in [3.05, 3.63) is 82.1 Å². The summed E-state index contributed by atoms with van der Waals surface area (Å²) in [5, 5.41) is 18.9. The van der Waals surface area contributed by atoms with E-state index in [0.29, 0.717) is 0 Å². The quantitative estimate of drug-likeness (QED) is 0.194. The van der Waals surface area contributed by atoms with Crippen LogP contribution >= 0.6 is 31.9 Å². The first-order valence-electron chi connectivity index (χ1n) is 14.0. The highest BCUT2D eigenvalue weighted by molar-refractivity contribution is 9.10. The molecular formula is C31H35BBr2N6O2. The Kier molecular flexibility index (Phi) is 8.94. The Morgan fingerprint density at radius 3 is 1.83 bits per heavy atom. The fourth-order valence-corrected chi connectivity index (χ4v) is 5.38. The topological polar surface area (TPSA) is 82.8 Å². The van der Waals surface area contributed by atoms with E-state index in [4.69, 9.17) is 9.31 Å². The molecule has 0 saturated carbocycles. The van der Waals surface area contributed by atoms with Crippen molar-refractivity contribution in [1.82, 2.24) is 29.8 Å². The molecule has 11 heteroatoms. The predicted molar refractivity (Wildman–Crippen MR) is 178 cm³/mol. The van der Waals surface area contributed by atoms with E-state index in [9.17, 15) is 0 Å². The molecule has 0 bridgehead atoms. The monoisotopic (exact) mass is 692 g/mol. The molecule has 42 heavy (non-hydrogen) atoms. The second-order valence-electron chi connectivity index (χ2n) is 11.1. The van der Waals surface area contributed by atoms with E-state index in [1.54, 1.807) is 0 Å². The number of nitrogens with zero attached hydrogens (tertiary/aromatic N) is 5. The zero-order chi connectivity index (χ0) is 30.1. The lowest BCUT2D eigenvalue weighted by molar-refractivity contribution is 0.00578. The number of nitrogens with one attached hydrogen (secondary N) is 1. The Morgan fingerprint density at radius 1 is 0.714 bits per heavy atom. The van der Waals surface area contributed by atoms with E-state index >= 15 is 0 Å². The van der Waals surface area contributed by atoms with Crippen molar-refractivity contribution < 1.29 is 9.31 Å². The highest BCUT2D eigenvalue weighted by Crippen LogP contribution is 2.36. The van der Waals surface area contributed by atoms with Crippen LogP contribution in [0.2, 0.25) is 0 Å². The lowest BCUT2D eigenvalue weighted by atomic mass is 9.79. The van der Waals surface area contributed by atoms with Gasteiger partial charge in [-0.25, -0.2) is 0 Å². The van der Waals surface area contributed by atoms with Crippen LogP contribution in [0.3, 0.4) is 0 Å². The standard InChI is InChI=1S/C15H21BN2O2.C9H9BrN2.C7H5BrN2/c1-6-18-13-9-12(8-7-11(13)10-17-18)16-19-14(2,3)15(4,5)20-16;1-2-12-9-5-8(10)4-3-7(9)6-11-12;8-6-2-1-5-4-9-10-7(5)3-6/h7-10H,6H2,1-5H3;3-6H,2H2,1H3;1-4H,(H,9,10). The van der Waals surface area contributed by atoms with Crippen LogP contribution < -0.4 is 5.46 Å². The van der Waals surface area contributed by atoms with Gasteiger partial charge in [0.15, 0.2) is 0 Å². The molecule has 7 rings (SSSR count). The molecule has 8 nitrogen and oxygen atoms in total. The van der Waals surface area contributed by atoms with Crippen molar-refractivity contribution in [1.29, 1.82) is 0 Å². The molecule has 218 valence electrons. The van der Waals surface area contributed by atoms with Gasteiger partial charge < -0.3 is 9.31 Å². The molecule has 0 unspecified atom stereocenters. The molecule has 4 heterocycles. The summed E-state index contributed by atoms with van der Waals surface area (Å²) in [7, 11) is -0.315. The number of benzene rings is 3. The van der Waals surface area contributed by atoms with Crippen molar-refractivity contribution in [2.24, 2.45) is 0 Å². The maximum Gasteiger partial charge on any atom is 0.494 e. The minimum Gasteiger partial charge on any atom is -0.399 e. The molecule has 0 amide bonds. The van der Waals surface area contributed by atoms with Gasteiger partial charge in [-0.2, -0.15) is 15.3 Å². The fraction of sp³-hybridized carbons (Fsp3) is 0.323. The number of aryl methyl sites for hydroxylation is 2. The SMILES string of the molecule is Brc1ccc2cn[nH]c2c1.CCn1ncc2ccc(B3OC(C)(C)C(C)(C)O3)cc21.CCn1ncc2ccc(Br)cc21. The van der Waals surface area contributed by atoms with Gasteiger partial charge in [0.2, 0.25) is 0 Å². The number of aromatic amines is 1. The van der Waals surface area contributed by atoms with E-state index in [-0.39, 0.29) is 18.3 Å². The number of fused-ring (bicyclic) bond motifs is 3. The van der Waals surface area contributed by atoms with Gasteiger partial charge in [0.25, 0.3) is 0 Å². The largest absolute Gasteiger partial charge is 0.494 e. The Bertz CT molecular complexity index is 1810. The molecule has 3 aromatic carbocycles. The molecule has 3 aromatic heterocycles. The molecule has 1 aliphatic rings. The third-order valence-electron chi connectivity index (χ3n) is 7.80. The lowest BCUT2D eigenvalue weighted by Crippen LogP contribution is -2.41. The van der Waals surface area contributed by atoms with E-state index in [2.05, 4.69) is 124 Å². The minimum atomic E-state index is -0.315. The van der Waals surface area contributed by atoms with Crippen LogP contribution in [0.25, 0.3) is 32.7 Å². The third kappa shape index (κ3) is 6.34. The number of aromatic nitrogens is 6. The molecule has 0 radical (unpaired) electrons. The van der Waals surface area contributed by atoms with Crippen molar-refractivity contribution in [3.8, 4) is 0 Å². The Hall–Kier alpha value is -2.99. The lowest BCUT2D eigenvalue weighted by Gasteiger charge is -2.32. The van der Waals surface area contributed by atoms with Gasteiger partial charge in [-0.1, -0.05) is 56.1 Å². The van der Waals surface area contributed by atoms with Crippen LogP contribution in [0.5, 0.6) is 0 Å². The molecule has 0 aliphatic carbocycles. The summed E-state index contributed by atoms with van der Waals surface area (Å²) in [6, 6.07) is 18.5. The Morgan fingerprint density at radius 2 is 1.24 bits per heavy atom. The number of H-pyrrole nitrogens is 1. The smallest absolute Gasteiger partial charge is 0.399 e. The average molecular weight is 694 g/mol. The first-order valence-corrected chi connectivity index (χ1v) is 15.6. The van der Waals surface area contributed by atoms with E-state index in [0.717, 1.165) is 49.3 Å². The van der Waals surface area contributed by atoms with Gasteiger partial charge in [0.1, 0.15) is 0 Å². The second kappa shape index (κ2) is 12.3. The van der Waals surface area contributed by atoms with Crippen LogP contribution in [-0.2, 0) is 22.4 Å². The number of halogens is 2. The third-order valence-corrected chi connectivity index (χ3v) is 8.79. The summed E-state index contributed by atoms with van der Waals surface area (Å²) in [5.74, 6) is 0. The number of hydrogen-bond acceptors (Lipinski definition) is 5. The number of rotatable bonds is 3. The van der Waals surface area contributed by atoms with Crippen LogP contribution in [0.15, 0.2) is 82.1 Å². The predicted octanol–water partition coefficient (Wildman–Crippen LogP) is 7.50. The minimum absolute atomic E-state index is 0.308. The summed E-state index contributed by atoms with van der Waals surface area (Å²) in [6.07, 6.45) is 5.60. The summed E-state index contributed by atoms with van der Waals surface area (Å²) >= 11 is 6.81. The molecule has 0 atom stereocenters. The van der Waals surface area contributed by atoms with Crippen molar-refractivity contribution in [2.75, 3.05) is 0 Å². The van der Waals surface area contributed by atoms with Gasteiger partial charge >= 0.3 is 7.12 Å². The maximum absolute atomic E-state index is 6.10. The van der Waals surface area contributed by atoms with E-state index in [1.165, 1.54) is 10.9 Å². The van der Waals surface area contributed by atoms with Crippen LogP contribution in [-0.4, -0.2) is 48.1 Å². The normalized spacial score (nSPS) is 15.5. The average Bonchev–Trinajstić information content (AvgIpc) is 3.73. The molecule has 0 spiro atoms. The van der Waals surface area contributed by atoms with Crippen molar-refractivity contribution in [2.45, 2.75) is 65.8 Å². The van der Waals surface area contributed by atoms with E-state index in [1.807, 2.05) is 52.2 Å². The highest BCUT2D eigenvalue weighted by Gasteiger charge is 2.51. The zero-order valence-electron chi connectivity index (χ0n) is 24.7. The van der Waals surface area contributed by atoms with Gasteiger partial charge in [-0.05, 0) is 77.3 Å². The Balaban J connectivity index is 0.000000136. The molecule has 1 saturated heterocycles. The first-order chi connectivity index (χ1) is 20.0. The van der Waals surface area contributed by atoms with Gasteiger partial charge in [-0.15, -0.1) is 0 Å². The fourth-order valence-electron chi connectivity index (χ4n) is 4.67. The van der Waals surface area contributed by atoms with Crippen LogP contribution in [0.4, 0.5) is 0 Å². The molecule has 1 aliphatic heterocycles. The Labute approximate surface area is 263 Å². The zero-order valence-corrected chi connectivity index (χ0v) is 27.9. The summed E-state index contributed by atoms with van der Waals surface area (Å²) in [6.45, 7) is 14.2. The summed E-state index contributed by atoms with van der Waals surface area (Å²) in [4.78, 5) is 0. The molecular weight excluding hydrogens is 659 g/mol. The van der Waals surface area contributed by atoms with Gasteiger partial charge in [-0.3, -0.25) is 14.5 Å². The second-order valence-corrected chi connectivity index (χ2v) is 13.0. The summed E-state index contributed by atoms with van der Waals surface area (Å²) < 4.78 is 18.3. The van der Waals surface area contributed by atoms with Crippen LogP contribution in [0, 0.1) is 0 Å². The van der Waals surface area contributed by atoms with Crippen molar-refractivity contribution >= 4 is 77.1 Å². The highest BCUT2D eigenvalue weighted by atomic mass is 79.9. The summed E-state index contributed by atoms with van der Waals surface area (Å²) in [5.41, 5.74) is 3.81. The molecule has 6 aromatic rings. The van der Waals surface area contributed by atoms with Crippen molar-refractivity contribution in [3.63, 3.8) is 0 Å². The van der Waals surface area contributed by atoms with Gasteiger partial charge in [0, 0.05) is 38.2 Å². The van der Waals surface area contributed by atoms with E-state index < -0.39 is 0 Å².